The van der Waals surface area contributed by atoms with Crippen LogP contribution in [0.3, 0.4) is 0 Å². The highest BCUT2D eigenvalue weighted by atomic mass is 19.4. The smallest absolute Gasteiger partial charge is 0.475 e. The van der Waals surface area contributed by atoms with Gasteiger partial charge in [-0.25, -0.2) is 14.0 Å². The fourth-order valence-corrected chi connectivity index (χ4v) is 7.70. The van der Waals surface area contributed by atoms with Crippen LogP contribution in [0.15, 0.2) is 24.3 Å². The van der Waals surface area contributed by atoms with Gasteiger partial charge in [-0.2, -0.15) is 13.2 Å². The minimum Gasteiger partial charge on any atom is -0.475 e. The van der Waals surface area contributed by atoms with Crippen LogP contribution in [0.2, 0.25) is 0 Å². The number of benzene rings is 1. The third-order valence-electron chi connectivity index (χ3n) is 10.6. The van der Waals surface area contributed by atoms with Gasteiger partial charge in [0.1, 0.15) is 12.4 Å². The average molecular weight is 656 g/mol. The molecule has 1 aromatic carbocycles. The third kappa shape index (κ3) is 8.15. The summed E-state index contributed by atoms with van der Waals surface area (Å²) >= 11 is 0. The molecule has 46 heavy (non-hydrogen) atoms. The van der Waals surface area contributed by atoms with Gasteiger partial charge >= 0.3 is 18.2 Å². The van der Waals surface area contributed by atoms with Crippen LogP contribution in [0.4, 0.5) is 22.4 Å². The number of carbonyl (C=O) groups is 3. The normalized spacial score (nSPS) is 25.5. The molecule has 8 nitrogen and oxygen atoms in total. The van der Waals surface area contributed by atoms with Gasteiger partial charge in [-0.15, -0.1) is 0 Å². The van der Waals surface area contributed by atoms with E-state index >= 15 is 0 Å². The lowest BCUT2D eigenvalue weighted by Gasteiger charge is -2.51. The van der Waals surface area contributed by atoms with Crippen LogP contribution in [0.5, 0.6) is 0 Å². The first-order valence-corrected chi connectivity index (χ1v) is 16.4. The van der Waals surface area contributed by atoms with Crippen LogP contribution in [0, 0.1) is 23.1 Å². The number of ether oxygens (including phenoxy) is 1. The number of hydrogen-bond acceptors (Lipinski definition) is 5. The number of likely N-dealkylation sites (tertiary alicyclic amines) is 2. The highest BCUT2D eigenvalue weighted by molar-refractivity contribution is 5.81. The number of halogens is 4. The highest BCUT2D eigenvalue weighted by Crippen LogP contribution is 2.48. The Bertz CT molecular complexity index is 1230. The fraction of sp³-hybridized carbons (Fsp3) is 0.735. The Hall–Kier alpha value is -2.89. The molecule has 5 rings (SSSR count). The molecule has 3 saturated heterocycles. The van der Waals surface area contributed by atoms with Crippen molar-refractivity contribution >= 4 is 18.0 Å². The molecule has 12 heteroatoms. The second-order valence-corrected chi connectivity index (χ2v) is 15.1. The van der Waals surface area contributed by atoms with Crippen LogP contribution in [0.1, 0.15) is 91.0 Å². The zero-order valence-corrected chi connectivity index (χ0v) is 27.7. The molecule has 1 aromatic rings. The van der Waals surface area contributed by atoms with Gasteiger partial charge in [0.05, 0.1) is 11.5 Å². The van der Waals surface area contributed by atoms with Crippen LogP contribution in [-0.2, 0) is 14.3 Å². The third-order valence-corrected chi connectivity index (χ3v) is 10.6. The summed E-state index contributed by atoms with van der Waals surface area (Å²) in [4.78, 5) is 42.3. The van der Waals surface area contributed by atoms with Crippen molar-refractivity contribution in [3.8, 4) is 0 Å². The van der Waals surface area contributed by atoms with Gasteiger partial charge in [-0.3, -0.25) is 14.6 Å². The van der Waals surface area contributed by atoms with E-state index in [1.165, 1.54) is 44.2 Å². The number of carboxylic acids is 1. The van der Waals surface area contributed by atoms with Gasteiger partial charge in [-0.1, -0.05) is 31.4 Å². The molecule has 1 aliphatic carbocycles. The van der Waals surface area contributed by atoms with Crippen LogP contribution in [-0.4, -0.2) is 94.4 Å². The molecular formula is C34H49F4N3O5. The molecule has 3 heterocycles. The summed E-state index contributed by atoms with van der Waals surface area (Å²) in [5.41, 5.74) is 0.739. The van der Waals surface area contributed by atoms with Crippen LogP contribution in [0.25, 0.3) is 0 Å². The minimum absolute atomic E-state index is 0.0291. The lowest BCUT2D eigenvalue weighted by atomic mass is 9.63. The summed E-state index contributed by atoms with van der Waals surface area (Å²) in [6.45, 7) is 15.0. The first-order chi connectivity index (χ1) is 21.3. The van der Waals surface area contributed by atoms with Crippen molar-refractivity contribution in [2.45, 2.75) is 103 Å². The summed E-state index contributed by atoms with van der Waals surface area (Å²) in [5.74, 6) is -2.26. The molecule has 1 N–H and O–H groups in total. The molecule has 2 amide bonds. The number of carbonyl (C=O) groups excluding carboxylic acids is 2. The maximum absolute atomic E-state index is 14.2. The van der Waals surface area contributed by atoms with Crippen molar-refractivity contribution in [2.75, 3.05) is 39.3 Å². The van der Waals surface area contributed by atoms with Crippen molar-refractivity contribution in [1.82, 2.24) is 14.7 Å². The Morgan fingerprint density at radius 2 is 1.54 bits per heavy atom. The molecule has 0 spiro atoms. The number of rotatable bonds is 5. The number of aliphatic carboxylic acids is 1. The topological polar surface area (TPSA) is 90.4 Å². The van der Waals surface area contributed by atoms with E-state index in [1.807, 2.05) is 17.0 Å². The Labute approximate surface area is 269 Å². The number of nitrogens with zero attached hydrogens (tertiary/aromatic N) is 3. The molecule has 3 aliphatic heterocycles. The standard InChI is InChI=1S/C32H48FN3O3.C2HF3O2/c1-30(2,3)35-19-26(23-11-13-25(33)14-12-23)27(20-35)28(37)34-17-15-32(16-18-34,24-9-7-6-8-10-24)21-36-29(38)39-22-31(36,4)5;3-2(4,5)1(6)7/h11-14,24,26-27H,6-10,15-22H2,1-5H3;(H,6,7)/t26-,27+;/m1./s1. The Balaban J connectivity index is 0.000000617. The maximum Gasteiger partial charge on any atom is 0.490 e. The largest absolute Gasteiger partial charge is 0.490 e. The van der Waals surface area contributed by atoms with Gasteiger partial charge in [0.2, 0.25) is 5.91 Å². The van der Waals surface area contributed by atoms with Crippen molar-refractivity contribution in [3.63, 3.8) is 0 Å². The summed E-state index contributed by atoms with van der Waals surface area (Å²) in [7, 11) is 0. The molecule has 4 fully saturated rings. The molecular weight excluding hydrogens is 606 g/mol. The molecule has 258 valence electrons. The summed E-state index contributed by atoms with van der Waals surface area (Å²) in [5, 5.41) is 7.12. The summed E-state index contributed by atoms with van der Waals surface area (Å²) < 4.78 is 50.9. The monoisotopic (exact) mass is 655 g/mol. The number of alkyl halides is 3. The number of amides is 2. The zero-order valence-electron chi connectivity index (χ0n) is 27.7. The van der Waals surface area contributed by atoms with E-state index in [4.69, 9.17) is 14.6 Å². The molecule has 4 aliphatic rings. The summed E-state index contributed by atoms with van der Waals surface area (Å²) in [6, 6.07) is 6.74. The summed E-state index contributed by atoms with van der Waals surface area (Å²) in [6.07, 6.45) is 2.83. The second kappa shape index (κ2) is 13.7. The number of hydrogen-bond donors (Lipinski definition) is 1. The number of carboxylic acid groups (broad SMARTS) is 1. The van der Waals surface area contributed by atoms with E-state index < -0.39 is 12.1 Å². The highest BCUT2D eigenvalue weighted by Gasteiger charge is 2.51. The molecule has 0 bridgehead atoms. The quantitative estimate of drug-likeness (QED) is 0.356. The predicted octanol–water partition coefficient (Wildman–Crippen LogP) is 6.69. The molecule has 1 saturated carbocycles. The molecule has 0 radical (unpaired) electrons. The molecule has 2 atom stereocenters. The van der Waals surface area contributed by atoms with E-state index in [-0.39, 0.29) is 46.1 Å². The van der Waals surface area contributed by atoms with Crippen LogP contribution < -0.4 is 0 Å². The van der Waals surface area contributed by atoms with E-state index in [0.29, 0.717) is 12.5 Å². The van der Waals surface area contributed by atoms with Crippen molar-refractivity contribution in [1.29, 1.82) is 0 Å². The Kier molecular flexibility index (Phi) is 10.7. The number of cyclic esters (lactones) is 1. The first-order valence-electron chi connectivity index (χ1n) is 16.4. The average Bonchev–Trinajstić information content (AvgIpc) is 3.55. The van der Waals surface area contributed by atoms with E-state index in [1.54, 1.807) is 0 Å². The molecule has 0 aromatic heterocycles. The van der Waals surface area contributed by atoms with Gasteiger partial charge in [0.15, 0.2) is 0 Å². The van der Waals surface area contributed by atoms with Gasteiger partial charge in [0.25, 0.3) is 0 Å². The van der Waals surface area contributed by atoms with Gasteiger partial charge < -0.3 is 14.7 Å². The van der Waals surface area contributed by atoms with E-state index in [0.717, 1.165) is 51.1 Å². The predicted molar refractivity (Wildman–Crippen MR) is 165 cm³/mol. The van der Waals surface area contributed by atoms with Crippen LogP contribution >= 0.6 is 0 Å². The lowest BCUT2D eigenvalue weighted by molar-refractivity contribution is -0.192. The first kappa shape index (κ1) is 36.0. The second-order valence-electron chi connectivity index (χ2n) is 15.1. The van der Waals surface area contributed by atoms with Crippen molar-refractivity contribution < 1.29 is 41.8 Å². The lowest BCUT2D eigenvalue weighted by Crippen LogP contribution is -2.55. The Morgan fingerprint density at radius 3 is 2.02 bits per heavy atom. The fourth-order valence-electron chi connectivity index (χ4n) is 7.70. The minimum atomic E-state index is -5.08. The zero-order chi connectivity index (χ0) is 34.1. The van der Waals surface area contributed by atoms with Crippen molar-refractivity contribution in [3.05, 3.63) is 35.6 Å². The Morgan fingerprint density at radius 1 is 0.978 bits per heavy atom. The SMILES string of the molecule is CC(C)(C)N1C[C@H](C(=O)N2CCC(CN3C(=O)OCC3(C)C)(C3CCCCC3)CC2)[C@@H](c2ccc(F)cc2)C1.O=C(O)C(F)(F)F. The molecule has 0 unspecified atom stereocenters. The maximum atomic E-state index is 14.2. The number of piperidine rings is 1. The van der Waals surface area contributed by atoms with E-state index in [2.05, 4.69) is 44.4 Å². The van der Waals surface area contributed by atoms with Crippen molar-refractivity contribution in [2.24, 2.45) is 17.3 Å². The van der Waals surface area contributed by atoms with Gasteiger partial charge in [0, 0.05) is 44.2 Å². The van der Waals surface area contributed by atoms with Gasteiger partial charge in [-0.05, 0) is 89.3 Å². The van der Waals surface area contributed by atoms with E-state index in [9.17, 15) is 27.2 Å².